The number of benzene rings is 1. The van der Waals surface area contributed by atoms with Crippen molar-refractivity contribution in [2.24, 2.45) is 0 Å². The van der Waals surface area contributed by atoms with Crippen LogP contribution in [-0.2, 0) is 16.6 Å². The van der Waals surface area contributed by atoms with E-state index in [-0.39, 0.29) is 39.4 Å². The zero-order chi connectivity index (χ0) is 18.9. The molecule has 1 aliphatic rings. The number of aromatic nitrogens is 1. The molecular formula is C16H16ClFN4O3S. The molecule has 2 aromatic rings. The number of carbonyl (C=O) groups excluding carboxylic acids is 1. The fraction of sp³-hybridized carbons (Fsp3) is 0.250. The molecule has 1 aliphatic carbocycles. The summed E-state index contributed by atoms with van der Waals surface area (Å²) in [5, 5.41) is 2.74. The first-order valence-corrected chi connectivity index (χ1v) is 9.62. The Morgan fingerprint density at radius 1 is 1.35 bits per heavy atom. The van der Waals surface area contributed by atoms with Crippen LogP contribution in [0.2, 0.25) is 5.02 Å². The lowest BCUT2D eigenvalue weighted by molar-refractivity contribution is 0.0951. The van der Waals surface area contributed by atoms with Gasteiger partial charge in [0.1, 0.15) is 11.6 Å². The van der Waals surface area contributed by atoms with Gasteiger partial charge in [-0.05, 0) is 42.7 Å². The molecule has 4 N–H and O–H groups in total. The van der Waals surface area contributed by atoms with Gasteiger partial charge >= 0.3 is 0 Å². The van der Waals surface area contributed by atoms with E-state index < -0.39 is 21.7 Å². The average Bonchev–Trinajstić information content (AvgIpc) is 3.38. The molecule has 0 unspecified atom stereocenters. The molecule has 1 fully saturated rings. The van der Waals surface area contributed by atoms with E-state index in [1.54, 1.807) is 0 Å². The van der Waals surface area contributed by atoms with Gasteiger partial charge in [-0.1, -0.05) is 11.6 Å². The van der Waals surface area contributed by atoms with Crippen molar-refractivity contribution in [3.8, 4) is 0 Å². The standard InChI is InChI=1S/C16H16ClFN4O3S/c17-10-6-13(15(19)20-8-10)16(23)21-7-9-5-11(18)1-4-14(9)26(24,25)22-12-2-3-12/h1,4-6,8,12,22H,2-3,7H2,(H2,19,20)(H,21,23). The highest BCUT2D eigenvalue weighted by Gasteiger charge is 2.29. The molecule has 0 radical (unpaired) electrons. The van der Waals surface area contributed by atoms with Crippen molar-refractivity contribution >= 4 is 33.3 Å². The molecule has 7 nitrogen and oxygen atoms in total. The predicted octanol–water partition coefficient (Wildman–Crippen LogP) is 1.83. The van der Waals surface area contributed by atoms with Gasteiger partial charge in [-0.15, -0.1) is 0 Å². The molecule has 1 amide bonds. The Morgan fingerprint density at radius 2 is 2.08 bits per heavy atom. The molecule has 1 heterocycles. The van der Waals surface area contributed by atoms with Gasteiger partial charge in [-0.25, -0.2) is 22.5 Å². The van der Waals surface area contributed by atoms with Crippen molar-refractivity contribution in [2.75, 3.05) is 5.73 Å². The van der Waals surface area contributed by atoms with Crippen molar-refractivity contribution in [2.45, 2.75) is 30.3 Å². The summed E-state index contributed by atoms with van der Waals surface area (Å²) in [6, 6.07) is 4.56. The highest BCUT2D eigenvalue weighted by Crippen LogP contribution is 2.24. The van der Waals surface area contributed by atoms with Crippen LogP contribution in [0, 0.1) is 5.82 Å². The normalized spacial score (nSPS) is 14.2. The molecule has 26 heavy (non-hydrogen) atoms. The van der Waals surface area contributed by atoms with Gasteiger partial charge in [-0.3, -0.25) is 4.79 Å². The number of nitrogens with zero attached hydrogens (tertiary/aromatic N) is 1. The summed E-state index contributed by atoms with van der Waals surface area (Å²) in [6.07, 6.45) is 2.84. The number of nitrogens with one attached hydrogen (secondary N) is 2. The van der Waals surface area contributed by atoms with E-state index in [4.69, 9.17) is 17.3 Å². The van der Waals surface area contributed by atoms with Gasteiger partial charge < -0.3 is 11.1 Å². The summed E-state index contributed by atoms with van der Waals surface area (Å²) in [5.41, 5.74) is 5.82. The Bertz CT molecular complexity index is 964. The van der Waals surface area contributed by atoms with Crippen LogP contribution in [0.25, 0.3) is 0 Å². The summed E-state index contributed by atoms with van der Waals surface area (Å²) in [5.74, 6) is -1.22. The van der Waals surface area contributed by atoms with Crippen molar-refractivity contribution < 1.29 is 17.6 Å². The van der Waals surface area contributed by atoms with Crippen LogP contribution in [0.3, 0.4) is 0 Å². The van der Waals surface area contributed by atoms with E-state index in [1.807, 2.05) is 0 Å². The van der Waals surface area contributed by atoms with Crippen LogP contribution in [0.4, 0.5) is 10.2 Å². The Labute approximate surface area is 154 Å². The molecule has 1 saturated carbocycles. The highest BCUT2D eigenvalue weighted by atomic mass is 35.5. The van der Waals surface area contributed by atoms with Gasteiger partial charge in [0.2, 0.25) is 10.0 Å². The van der Waals surface area contributed by atoms with E-state index in [2.05, 4.69) is 15.0 Å². The van der Waals surface area contributed by atoms with Crippen LogP contribution in [0.15, 0.2) is 35.4 Å². The van der Waals surface area contributed by atoms with E-state index in [0.29, 0.717) is 0 Å². The smallest absolute Gasteiger partial charge is 0.255 e. The summed E-state index contributed by atoms with van der Waals surface area (Å²) >= 11 is 5.80. The van der Waals surface area contributed by atoms with Gasteiger partial charge in [0, 0.05) is 18.8 Å². The lowest BCUT2D eigenvalue weighted by Gasteiger charge is -2.13. The van der Waals surface area contributed by atoms with Crippen molar-refractivity contribution in [3.63, 3.8) is 0 Å². The fourth-order valence-electron chi connectivity index (χ4n) is 2.33. The Balaban J connectivity index is 1.82. The second-order valence-corrected chi connectivity index (χ2v) is 8.04. The predicted molar refractivity (Wildman–Crippen MR) is 94.6 cm³/mol. The molecule has 0 saturated heterocycles. The first-order valence-electron chi connectivity index (χ1n) is 7.76. The maximum atomic E-state index is 13.6. The Hall–Kier alpha value is -2.23. The number of rotatable bonds is 6. The van der Waals surface area contributed by atoms with Crippen LogP contribution in [0.1, 0.15) is 28.8 Å². The van der Waals surface area contributed by atoms with Crippen LogP contribution in [-0.4, -0.2) is 25.4 Å². The largest absolute Gasteiger partial charge is 0.383 e. The molecule has 3 rings (SSSR count). The topological polar surface area (TPSA) is 114 Å². The number of hydrogen-bond donors (Lipinski definition) is 3. The van der Waals surface area contributed by atoms with Crippen LogP contribution in [0.5, 0.6) is 0 Å². The zero-order valence-electron chi connectivity index (χ0n) is 13.5. The number of hydrogen-bond acceptors (Lipinski definition) is 5. The van der Waals surface area contributed by atoms with E-state index in [1.165, 1.54) is 18.3 Å². The van der Waals surface area contributed by atoms with Crippen LogP contribution < -0.4 is 15.8 Å². The third kappa shape index (κ3) is 4.29. The van der Waals surface area contributed by atoms with Crippen molar-refractivity contribution in [3.05, 3.63) is 52.4 Å². The maximum Gasteiger partial charge on any atom is 0.255 e. The summed E-state index contributed by atoms with van der Waals surface area (Å²) in [6.45, 7) is -0.205. The molecular weight excluding hydrogens is 383 g/mol. The lowest BCUT2D eigenvalue weighted by atomic mass is 10.2. The zero-order valence-corrected chi connectivity index (χ0v) is 15.1. The number of amides is 1. The maximum absolute atomic E-state index is 13.6. The Kier molecular flexibility index (Phi) is 5.12. The summed E-state index contributed by atoms with van der Waals surface area (Å²) in [7, 11) is -3.80. The molecule has 138 valence electrons. The number of anilines is 1. The molecule has 10 heteroatoms. The quantitative estimate of drug-likeness (QED) is 0.686. The molecule has 0 atom stereocenters. The van der Waals surface area contributed by atoms with E-state index in [9.17, 15) is 17.6 Å². The third-order valence-electron chi connectivity index (χ3n) is 3.78. The van der Waals surface area contributed by atoms with Gasteiger partial charge in [-0.2, -0.15) is 0 Å². The number of nitrogen functional groups attached to an aromatic ring is 1. The SMILES string of the molecule is Nc1ncc(Cl)cc1C(=O)NCc1cc(F)ccc1S(=O)(=O)NC1CC1. The average molecular weight is 399 g/mol. The number of sulfonamides is 1. The number of halogens is 2. The second-order valence-electron chi connectivity index (χ2n) is 5.92. The third-order valence-corrected chi connectivity index (χ3v) is 5.61. The molecule has 1 aromatic heterocycles. The molecule has 0 aliphatic heterocycles. The first-order chi connectivity index (χ1) is 12.3. The first kappa shape index (κ1) is 18.6. The van der Waals surface area contributed by atoms with Gasteiger partial charge in [0.15, 0.2) is 0 Å². The fourth-order valence-corrected chi connectivity index (χ4v) is 4.02. The summed E-state index contributed by atoms with van der Waals surface area (Å²) in [4.78, 5) is 16.0. The second kappa shape index (κ2) is 7.18. The van der Waals surface area contributed by atoms with Gasteiger partial charge in [0.25, 0.3) is 5.91 Å². The van der Waals surface area contributed by atoms with Crippen molar-refractivity contribution in [1.82, 2.24) is 15.0 Å². The number of nitrogens with two attached hydrogens (primary N) is 1. The lowest BCUT2D eigenvalue weighted by Crippen LogP contribution is -2.29. The highest BCUT2D eigenvalue weighted by molar-refractivity contribution is 7.89. The van der Waals surface area contributed by atoms with Crippen molar-refractivity contribution in [1.29, 1.82) is 0 Å². The Morgan fingerprint density at radius 3 is 2.77 bits per heavy atom. The van der Waals surface area contributed by atoms with E-state index >= 15 is 0 Å². The minimum absolute atomic E-state index is 0.0191. The molecule has 0 bridgehead atoms. The monoisotopic (exact) mass is 398 g/mol. The molecule has 1 aromatic carbocycles. The summed E-state index contributed by atoms with van der Waals surface area (Å²) < 4.78 is 41.0. The van der Waals surface area contributed by atoms with E-state index in [0.717, 1.165) is 25.0 Å². The molecule has 0 spiro atoms. The van der Waals surface area contributed by atoms with Crippen LogP contribution >= 0.6 is 11.6 Å². The van der Waals surface area contributed by atoms with Gasteiger partial charge in [0.05, 0.1) is 15.5 Å². The minimum atomic E-state index is -3.80. The minimum Gasteiger partial charge on any atom is -0.383 e. The number of pyridine rings is 1. The number of carbonyl (C=O) groups is 1.